The quantitative estimate of drug-likeness (QED) is 0.697. The number of aryl methyl sites for hydroxylation is 1. The number of carbonyl (C=O) groups excluding carboxylic acids is 1. The van der Waals surface area contributed by atoms with Crippen molar-refractivity contribution in [3.63, 3.8) is 0 Å². The molecule has 3 rings (SSSR count). The zero-order chi connectivity index (χ0) is 19.1. The lowest BCUT2D eigenvalue weighted by atomic mass is 10.1. The van der Waals surface area contributed by atoms with E-state index in [-0.39, 0.29) is 5.91 Å². The van der Waals surface area contributed by atoms with Gasteiger partial charge in [0.05, 0.1) is 12.4 Å². The Morgan fingerprint density at radius 3 is 2.41 bits per heavy atom. The van der Waals surface area contributed by atoms with Crippen LogP contribution in [0.2, 0.25) is 0 Å². The predicted octanol–water partition coefficient (Wildman–Crippen LogP) is 3.74. The summed E-state index contributed by atoms with van der Waals surface area (Å²) in [5.74, 6) is 0.542. The number of nitrogens with one attached hydrogen (secondary N) is 1. The van der Waals surface area contributed by atoms with E-state index in [1.807, 2.05) is 49.4 Å². The van der Waals surface area contributed by atoms with Gasteiger partial charge in [-0.15, -0.1) is 0 Å². The summed E-state index contributed by atoms with van der Waals surface area (Å²) in [6.07, 6.45) is 3.20. The minimum Gasteiger partial charge on any atom is -0.351 e. The molecule has 0 aliphatic heterocycles. The summed E-state index contributed by atoms with van der Waals surface area (Å²) in [5.41, 5.74) is 3.78. The molecule has 138 valence electrons. The highest BCUT2D eigenvalue weighted by atomic mass is 16.1. The maximum Gasteiger partial charge on any atom is 0.271 e. The van der Waals surface area contributed by atoms with Crippen molar-refractivity contribution in [2.45, 2.75) is 26.9 Å². The molecule has 0 unspecified atom stereocenters. The van der Waals surface area contributed by atoms with Gasteiger partial charge in [0.2, 0.25) is 0 Å². The van der Waals surface area contributed by atoms with E-state index in [0.717, 1.165) is 30.0 Å². The maximum atomic E-state index is 12.3. The normalized spacial score (nSPS) is 10.4. The van der Waals surface area contributed by atoms with Crippen LogP contribution < -0.4 is 10.2 Å². The lowest BCUT2D eigenvalue weighted by Gasteiger charge is -2.21. The smallest absolute Gasteiger partial charge is 0.271 e. The molecule has 0 aliphatic carbocycles. The van der Waals surface area contributed by atoms with Gasteiger partial charge in [0.1, 0.15) is 11.5 Å². The van der Waals surface area contributed by atoms with Crippen molar-refractivity contribution in [1.29, 1.82) is 0 Å². The third-order valence-electron chi connectivity index (χ3n) is 4.49. The van der Waals surface area contributed by atoms with E-state index in [2.05, 4.69) is 39.2 Å². The molecule has 0 bridgehead atoms. The Morgan fingerprint density at radius 1 is 1.00 bits per heavy atom. The first-order valence-electron chi connectivity index (χ1n) is 9.11. The second-order valence-corrected chi connectivity index (χ2v) is 6.37. The van der Waals surface area contributed by atoms with Crippen molar-refractivity contribution in [1.82, 2.24) is 15.3 Å². The van der Waals surface area contributed by atoms with Gasteiger partial charge in [0.25, 0.3) is 5.91 Å². The molecular weight excluding hydrogens is 336 g/mol. The molecule has 1 N–H and O–H groups in total. The Kier molecular flexibility index (Phi) is 6.15. The van der Waals surface area contributed by atoms with Crippen LogP contribution in [0.25, 0.3) is 0 Å². The van der Waals surface area contributed by atoms with Crippen LogP contribution in [0.3, 0.4) is 0 Å². The summed E-state index contributed by atoms with van der Waals surface area (Å²) in [7, 11) is 0. The van der Waals surface area contributed by atoms with Crippen LogP contribution >= 0.6 is 0 Å². The van der Waals surface area contributed by atoms with Crippen LogP contribution in [0.4, 0.5) is 5.82 Å². The molecule has 0 atom stereocenters. The molecule has 27 heavy (non-hydrogen) atoms. The fourth-order valence-corrected chi connectivity index (χ4v) is 2.83. The molecule has 0 spiro atoms. The van der Waals surface area contributed by atoms with Crippen molar-refractivity contribution in [2.75, 3.05) is 11.4 Å². The summed E-state index contributed by atoms with van der Waals surface area (Å²) in [4.78, 5) is 23.2. The van der Waals surface area contributed by atoms with Gasteiger partial charge in [-0.3, -0.25) is 4.79 Å². The van der Waals surface area contributed by atoms with Crippen molar-refractivity contribution in [2.24, 2.45) is 0 Å². The van der Waals surface area contributed by atoms with E-state index in [4.69, 9.17) is 0 Å². The largest absolute Gasteiger partial charge is 0.351 e. The first-order chi connectivity index (χ1) is 13.2. The number of carbonyl (C=O) groups is 1. The fraction of sp³-hybridized carbons (Fsp3) is 0.227. The zero-order valence-electron chi connectivity index (χ0n) is 15.7. The molecular formula is C22H24N4O. The number of anilines is 1. The van der Waals surface area contributed by atoms with E-state index >= 15 is 0 Å². The number of amides is 1. The lowest BCUT2D eigenvalue weighted by molar-refractivity contribution is 0.0945. The molecule has 5 heteroatoms. The average Bonchev–Trinajstić information content (AvgIpc) is 2.72. The predicted molar refractivity (Wildman–Crippen MR) is 108 cm³/mol. The minimum atomic E-state index is -0.219. The molecule has 0 saturated heterocycles. The van der Waals surface area contributed by atoms with Gasteiger partial charge in [0, 0.05) is 19.6 Å². The van der Waals surface area contributed by atoms with E-state index in [0.29, 0.717) is 12.2 Å². The second-order valence-electron chi connectivity index (χ2n) is 6.37. The third-order valence-corrected chi connectivity index (χ3v) is 4.49. The monoisotopic (exact) mass is 360 g/mol. The van der Waals surface area contributed by atoms with Crippen molar-refractivity contribution >= 4 is 11.7 Å². The highest BCUT2D eigenvalue weighted by Gasteiger charge is 2.11. The first-order valence-corrected chi connectivity index (χ1v) is 9.11. The van der Waals surface area contributed by atoms with E-state index < -0.39 is 0 Å². The molecule has 0 fully saturated rings. The molecule has 1 aromatic heterocycles. The average molecular weight is 360 g/mol. The number of benzene rings is 2. The van der Waals surface area contributed by atoms with Gasteiger partial charge in [-0.25, -0.2) is 9.97 Å². The maximum absolute atomic E-state index is 12.3. The van der Waals surface area contributed by atoms with Crippen LogP contribution in [-0.4, -0.2) is 22.4 Å². The third kappa shape index (κ3) is 4.91. The molecule has 1 heterocycles. The Bertz CT molecular complexity index is 878. The number of aromatic nitrogens is 2. The van der Waals surface area contributed by atoms with E-state index in [1.165, 1.54) is 11.8 Å². The van der Waals surface area contributed by atoms with Gasteiger partial charge >= 0.3 is 0 Å². The lowest BCUT2D eigenvalue weighted by Crippen LogP contribution is -2.26. The van der Waals surface area contributed by atoms with Gasteiger partial charge in [0.15, 0.2) is 0 Å². The summed E-state index contributed by atoms with van der Waals surface area (Å²) >= 11 is 0. The Morgan fingerprint density at radius 2 is 1.74 bits per heavy atom. The summed E-state index contributed by atoms with van der Waals surface area (Å²) in [6.45, 7) is 6.15. The number of rotatable bonds is 7. The van der Waals surface area contributed by atoms with Crippen LogP contribution in [0.1, 0.15) is 34.1 Å². The van der Waals surface area contributed by atoms with Crippen molar-refractivity contribution in [3.05, 3.63) is 89.4 Å². The molecule has 0 radical (unpaired) electrons. The number of nitrogens with zero attached hydrogens (tertiary/aromatic N) is 3. The molecule has 1 amide bonds. The topological polar surface area (TPSA) is 58.1 Å². The zero-order valence-corrected chi connectivity index (χ0v) is 15.7. The van der Waals surface area contributed by atoms with Gasteiger partial charge in [-0.1, -0.05) is 54.6 Å². The van der Waals surface area contributed by atoms with Crippen LogP contribution in [0.5, 0.6) is 0 Å². The van der Waals surface area contributed by atoms with Crippen LogP contribution in [0, 0.1) is 6.92 Å². The highest BCUT2D eigenvalue weighted by molar-refractivity contribution is 5.92. The van der Waals surface area contributed by atoms with Crippen LogP contribution in [-0.2, 0) is 13.1 Å². The Hall–Kier alpha value is -3.21. The first kappa shape index (κ1) is 18.6. The molecule has 0 saturated carbocycles. The summed E-state index contributed by atoms with van der Waals surface area (Å²) < 4.78 is 0. The van der Waals surface area contributed by atoms with Gasteiger partial charge in [-0.2, -0.15) is 0 Å². The highest BCUT2D eigenvalue weighted by Crippen LogP contribution is 2.13. The fourth-order valence-electron chi connectivity index (χ4n) is 2.83. The minimum absolute atomic E-state index is 0.219. The van der Waals surface area contributed by atoms with Gasteiger partial charge in [-0.05, 0) is 30.5 Å². The van der Waals surface area contributed by atoms with Crippen LogP contribution in [0.15, 0.2) is 67.0 Å². The molecule has 0 aliphatic rings. The number of hydrogen-bond donors (Lipinski definition) is 1. The van der Waals surface area contributed by atoms with Gasteiger partial charge < -0.3 is 10.2 Å². The molecule has 5 nitrogen and oxygen atoms in total. The second kappa shape index (κ2) is 8.94. The standard InChI is InChI=1S/C22H24N4O/c1-3-26(16-18-10-5-4-6-11-18)21-15-23-20(14-24-21)22(27)25-13-19-12-8-7-9-17(19)2/h4-12,14-15H,3,13,16H2,1-2H3,(H,25,27). The Labute approximate surface area is 160 Å². The van der Waals surface area contributed by atoms with Crippen molar-refractivity contribution in [3.8, 4) is 0 Å². The summed E-state index contributed by atoms with van der Waals surface area (Å²) in [6, 6.07) is 18.2. The van der Waals surface area contributed by atoms with E-state index in [1.54, 1.807) is 6.20 Å². The SMILES string of the molecule is CCN(Cc1ccccc1)c1cnc(C(=O)NCc2ccccc2C)cn1. The Balaban J connectivity index is 1.63. The molecule has 3 aromatic rings. The molecule has 2 aromatic carbocycles. The van der Waals surface area contributed by atoms with Crippen molar-refractivity contribution < 1.29 is 4.79 Å². The summed E-state index contributed by atoms with van der Waals surface area (Å²) in [5, 5.41) is 2.90. The number of hydrogen-bond acceptors (Lipinski definition) is 4. The van der Waals surface area contributed by atoms with E-state index in [9.17, 15) is 4.79 Å².